The third-order valence-corrected chi connectivity index (χ3v) is 4.37. The standard InChI is InChI=1S/C16H19NO3S/c1-12-5-4-6-14(9-12)11-21(18,19)17-15-7-8-16(20-3)13(2)10-15/h4-10,17H,11H2,1-3H3. The fraction of sp³-hybridized carbons (Fsp3) is 0.250. The highest BCUT2D eigenvalue weighted by Gasteiger charge is 2.12. The Morgan fingerprint density at radius 3 is 2.48 bits per heavy atom. The monoisotopic (exact) mass is 305 g/mol. The van der Waals surface area contributed by atoms with Crippen molar-refractivity contribution in [3.8, 4) is 5.75 Å². The largest absolute Gasteiger partial charge is 0.496 e. The first-order valence-electron chi connectivity index (χ1n) is 6.60. The smallest absolute Gasteiger partial charge is 0.236 e. The van der Waals surface area contributed by atoms with E-state index in [1.807, 2.05) is 38.1 Å². The minimum atomic E-state index is -3.43. The van der Waals surface area contributed by atoms with Crippen LogP contribution in [0, 0.1) is 13.8 Å². The van der Waals surface area contributed by atoms with Crippen molar-refractivity contribution in [1.82, 2.24) is 0 Å². The van der Waals surface area contributed by atoms with Gasteiger partial charge in [0.05, 0.1) is 12.9 Å². The Bertz CT molecular complexity index is 739. The van der Waals surface area contributed by atoms with Crippen LogP contribution in [0.1, 0.15) is 16.7 Å². The lowest BCUT2D eigenvalue weighted by Gasteiger charge is -2.11. The molecule has 0 fully saturated rings. The number of anilines is 1. The summed E-state index contributed by atoms with van der Waals surface area (Å²) in [6, 6.07) is 12.7. The molecule has 2 aromatic rings. The summed E-state index contributed by atoms with van der Waals surface area (Å²) in [5.74, 6) is 0.691. The lowest BCUT2D eigenvalue weighted by atomic mass is 10.2. The molecule has 0 amide bonds. The van der Waals surface area contributed by atoms with E-state index in [2.05, 4.69) is 4.72 Å². The summed E-state index contributed by atoms with van der Waals surface area (Å²) in [5, 5.41) is 0. The van der Waals surface area contributed by atoms with Crippen LogP contribution in [0.3, 0.4) is 0 Å². The summed E-state index contributed by atoms with van der Waals surface area (Å²) >= 11 is 0. The van der Waals surface area contributed by atoms with Gasteiger partial charge in [0.25, 0.3) is 0 Å². The lowest BCUT2D eigenvalue weighted by Crippen LogP contribution is -2.15. The molecule has 0 aliphatic heterocycles. The van der Waals surface area contributed by atoms with E-state index < -0.39 is 10.0 Å². The van der Waals surface area contributed by atoms with Crippen LogP contribution in [-0.2, 0) is 15.8 Å². The summed E-state index contributed by atoms with van der Waals surface area (Å²) in [6.45, 7) is 3.81. The fourth-order valence-corrected chi connectivity index (χ4v) is 3.36. The Kier molecular flexibility index (Phi) is 4.53. The molecule has 0 heterocycles. The van der Waals surface area contributed by atoms with E-state index in [1.165, 1.54) is 0 Å². The molecule has 2 aromatic carbocycles. The van der Waals surface area contributed by atoms with Gasteiger partial charge in [-0.05, 0) is 43.2 Å². The average molecular weight is 305 g/mol. The Morgan fingerprint density at radius 2 is 1.86 bits per heavy atom. The van der Waals surface area contributed by atoms with E-state index in [-0.39, 0.29) is 5.75 Å². The Morgan fingerprint density at radius 1 is 1.10 bits per heavy atom. The molecule has 0 saturated carbocycles. The number of aryl methyl sites for hydroxylation is 2. The van der Waals surface area contributed by atoms with E-state index in [4.69, 9.17) is 4.74 Å². The number of sulfonamides is 1. The van der Waals surface area contributed by atoms with Gasteiger partial charge in [-0.15, -0.1) is 0 Å². The first-order chi connectivity index (χ1) is 9.89. The molecule has 112 valence electrons. The summed E-state index contributed by atoms with van der Waals surface area (Å²) < 4.78 is 32.2. The summed E-state index contributed by atoms with van der Waals surface area (Å²) in [4.78, 5) is 0. The molecule has 0 radical (unpaired) electrons. The van der Waals surface area contributed by atoms with E-state index in [9.17, 15) is 8.42 Å². The van der Waals surface area contributed by atoms with E-state index in [0.717, 1.165) is 22.4 Å². The zero-order valence-corrected chi connectivity index (χ0v) is 13.2. The second kappa shape index (κ2) is 6.18. The van der Waals surface area contributed by atoms with Crippen LogP contribution < -0.4 is 9.46 Å². The molecule has 0 unspecified atom stereocenters. The van der Waals surface area contributed by atoms with E-state index >= 15 is 0 Å². The third kappa shape index (κ3) is 4.23. The lowest BCUT2D eigenvalue weighted by molar-refractivity contribution is 0.412. The van der Waals surface area contributed by atoms with Gasteiger partial charge in [0.2, 0.25) is 10.0 Å². The van der Waals surface area contributed by atoms with Crippen LogP contribution in [0.25, 0.3) is 0 Å². The highest BCUT2D eigenvalue weighted by Crippen LogP contribution is 2.22. The third-order valence-electron chi connectivity index (χ3n) is 3.11. The van der Waals surface area contributed by atoms with Crippen molar-refractivity contribution in [2.45, 2.75) is 19.6 Å². The Hall–Kier alpha value is -2.01. The molecular weight excluding hydrogens is 286 g/mol. The summed E-state index contributed by atoms with van der Waals surface area (Å²) in [6.07, 6.45) is 0. The number of ether oxygens (including phenoxy) is 1. The van der Waals surface area contributed by atoms with Crippen LogP contribution in [0.4, 0.5) is 5.69 Å². The van der Waals surface area contributed by atoms with Crippen LogP contribution in [-0.4, -0.2) is 15.5 Å². The molecule has 0 aromatic heterocycles. The molecular formula is C16H19NO3S. The number of methoxy groups -OCH3 is 1. The Labute approximate surface area is 125 Å². The maximum Gasteiger partial charge on any atom is 0.236 e. The quantitative estimate of drug-likeness (QED) is 0.922. The highest BCUT2D eigenvalue weighted by molar-refractivity contribution is 7.91. The van der Waals surface area contributed by atoms with Gasteiger partial charge < -0.3 is 4.74 Å². The van der Waals surface area contributed by atoms with Gasteiger partial charge in [-0.1, -0.05) is 29.8 Å². The van der Waals surface area contributed by atoms with Gasteiger partial charge in [0, 0.05) is 5.69 Å². The first-order valence-corrected chi connectivity index (χ1v) is 8.25. The number of nitrogens with one attached hydrogen (secondary N) is 1. The fourth-order valence-electron chi connectivity index (χ4n) is 2.18. The maximum absolute atomic E-state index is 12.2. The molecule has 0 bridgehead atoms. The van der Waals surface area contributed by atoms with Gasteiger partial charge >= 0.3 is 0 Å². The predicted octanol–water partition coefficient (Wildman–Crippen LogP) is 3.25. The molecule has 21 heavy (non-hydrogen) atoms. The molecule has 2 rings (SSSR count). The Balaban J connectivity index is 2.16. The second-order valence-corrected chi connectivity index (χ2v) is 6.76. The SMILES string of the molecule is COc1ccc(NS(=O)(=O)Cc2cccc(C)c2)cc1C. The van der Waals surface area contributed by atoms with Gasteiger partial charge in [-0.25, -0.2) is 8.42 Å². The summed E-state index contributed by atoms with van der Waals surface area (Å²) in [7, 11) is -1.84. The second-order valence-electron chi connectivity index (χ2n) is 5.03. The zero-order valence-electron chi connectivity index (χ0n) is 12.4. The minimum Gasteiger partial charge on any atom is -0.496 e. The van der Waals surface area contributed by atoms with Gasteiger partial charge in [0.1, 0.15) is 5.75 Å². The number of benzene rings is 2. The van der Waals surface area contributed by atoms with Crippen molar-refractivity contribution in [3.63, 3.8) is 0 Å². The zero-order chi connectivity index (χ0) is 15.5. The van der Waals surface area contributed by atoms with Crippen molar-refractivity contribution >= 4 is 15.7 Å². The molecule has 0 aliphatic rings. The first kappa shape index (κ1) is 15.4. The van der Waals surface area contributed by atoms with Crippen molar-refractivity contribution in [2.24, 2.45) is 0 Å². The number of rotatable bonds is 5. The van der Waals surface area contributed by atoms with Crippen LogP contribution in [0.15, 0.2) is 42.5 Å². The molecule has 0 aliphatic carbocycles. The molecule has 0 spiro atoms. The van der Waals surface area contributed by atoms with Gasteiger partial charge in [-0.2, -0.15) is 0 Å². The van der Waals surface area contributed by atoms with E-state index in [1.54, 1.807) is 25.3 Å². The van der Waals surface area contributed by atoms with Crippen LogP contribution in [0.5, 0.6) is 5.75 Å². The van der Waals surface area contributed by atoms with Crippen molar-refractivity contribution in [3.05, 3.63) is 59.2 Å². The maximum atomic E-state index is 12.2. The molecule has 1 N–H and O–H groups in total. The van der Waals surface area contributed by atoms with Gasteiger partial charge in [0.15, 0.2) is 0 Å². The molecule has 4 nitrogen and oxygen atoms in total. The van der Waals surface area contributed by atoms with Gasteiger partial charge in [-0.3, -0.25) is 4.72 Å². The topological polar surface area (TPSA) is 55.4 Å². The van der Waals surface area contributed by atoms with Crippen LogP contribution in [0.2, 0.25) is 0 Å². The van der Waals surface area contributed by atoms with E-state index in [0.29, 0.717) is 5.69 Å². The van der Waals surface area contributed by atoms with Crippen molar-refractivity contribution in [2.75, 3.05) is 11.8 Å². The normalized spacial score (nSPS) is 11.2. The average Bonchev–Trinajstić information content (AvgIpc) is 2.37. The highest BCUT2D eigenvalue weighted by atomic mass is 32.2. The number of hydrogen-bond donors (Lipinski definition) is 1. The van der Waals surface area contributed by atoms with Crippen molar-refractivity contribution in [1.29, 1.82) is 0 Å². The molecule has 5 heteroatoms. The summed E-state index contributed by atoms with van der Waals surface area (Å²) in [5.41, 5.74) is 3.24. The number of hydrogen-bond acceptors (Lipinski definition) is 3. The molecule has 0 saturated heterocycles. The van der Waals surface area contributed by atoms with Crippen molar-refractivity contribution < 1.29 is 13.2 Å². The van der Waals surface area contributed by atoms with Crippen LogP contribution >= 0.6 is 0 Å². The predicted molar refractivity (Wildman–Crippen MR) is 85.2 cm³/mol. The minimum absolute atomic E-state index is 0.0419. The molecule has 0 atom stereocenters.